The highest BCUT2D eigenvalue weighted by atomic mass is 35.5. The Morgan fingerprint density at radius 3 is 2.50 bits per heavy atom. The van der Waals surface area contributed by atoms with Crippen LogP contribution < -0.4 is 20.5 Å². The predicted molar refractivity (Wildman–Crippen MR) is 133 cm³/mol. The van der Waals surface area contributed by atoms with Crippen molar-refractivity contribution < 1.29 is 14.3 Å². The number of hydrazine groups is 1. The molecule has 170 valence electrons. The maximum Gasteiger partial charge on any atom is 0.253 e. The van der Waals surface area contributed by atoms with Crippen LogP contribution in [0.1, 0.15) is 6.42 Å². The van der Waals surface area contributed by atoms with Crippen molar-refractivity contribution in [2.45, 2.75) is 12.5 Å². The monoisotopic (exact) mass is 472 g/mol. The molecule has 1 fully saturated rings. The Kier molecular flexibility index (Phi) is 5.88. The molecule has 0 radical (unpaired) electrons. The van der Waals surface area contributed by atoms with Crippen molar-refractivity contribution in [3.05, 3.63) is 83.9 Å². The largest absolute Gasteiger partial charge is 0.497 e. The highest BCUT2D eigenvalue weighted by molar-refractivity contribution is 6.31. The van der Waals surface area contributed by atoms with Crippen LogP contribution in [0, 0.1) is 0 Å². The van der Waals surface area contributed by atoms with Gasteiger partial charge >= 0.3 is 0 Å². The fourth-order valence-corrected chi connectivity index (χ4v) is 4.20. The third kappa shape index (κ3) is 4.19. The van der Waals surface area contributed by atoms with E-state index in [1.54, 1.807) is 37.4 Å². The van der Waals surface area contributed by atoms with Crippen molar-refractivity contribution in [2.24, 2.45) is 0 Å². The van der Waals surface area contributed by atoms with E-state index in [2.05, 4.69) is 15.8 Å². The minimum Gasteiger partial charge on any atom is -0.497 e. The molecule has 8 heteroatoms. The molecule has 0 spiro atoms. The second-order valence-corrected chi connectivity index (χ2v) is 8.31. The molecule has 1 aromatic heterocycles. The van der Waals surface area contributed by atoms with Crippen LogP contribution in [0.2, 0.25) is 5.02 Å². The molecule has 3 aromatic carbocycles. The first-order valence-electron chi connectivity index (χ1n) is 10.7. The molecule has 1 aliphatic rings. The van der Waals surface area contributed by atoms with Crippen LogP contribution in [0.15, 0.2) is 78.9 Å². The Labute approximate surface area is 201 Å². The van der Waals surface area contributed by atoms with E-state index in [1.165, 1.54) is 4.90 Å². The number of amides is 2. The number of anilines is 2. The number of pyridine rings is 1. The lowest BCUT2D eigenvalue weighted by Gasteiger charge is -2.17. The van der Waals surface area contributed by atoms with Crippen molar-refractivity contribution in [3.8, 4) is 16.9 Å². The smallest absolute Gasteiger partial charge is 0.253 e. The molecule has 7 nitrogen and oxygen atoms in total. The number of aromatic nitrogens is 1. The van der Waals surface area contributed by atoms with Gasteiger partial charge in [0.05, 0.1) is 24.7 Å². The number of rotatable bonds is 6. The highest BCUT2D eigenvalue weighted by Gasteiger charge is 2.39. The minimum absolute atomic E-state index is 0.0343. The van der Waals surface area contributed by atoms with Gasteiger partial charge in [-0.2, -0.15) is 0 Å². The van der Waals surface area contributed by atoms with Crippen molar-refractivity contribution in [2.75, 3.05) is 17.4 Å². The van der Waals surface area contributed by atoms with Crippen LogP contribution in [-0.4, -0.2) is 29.9 Å². The number of carbonyl (C=O) groups is 2. The summed E-state index contributed by atoms with van der Waals surface area (Å²) >= 11 is 6.24. The molecule has 1 atom stereocenters. The maximum atomic E-state index is 13.0. The molecule has 2 heterocycles. The standard InChI is InChI=1S/C26H21ClN4O3/c1-34-19-10-8-18(9-11-19)31-25(32)15-23(26(31)33)29-30-24-14-20(16-5-3-2-4-6-16)21-13-17(27)7-12-22(21)28-24/h2-14,23,29H,15H2,1H3,(H,28,30). The Bertz CT molecular complexity index is 1380. The summed E-state index contributed by atoms with van der Waals surface area (Å²) in [5.41, 5.74) is 9.23. The third-order valence-corrected chi connectivity index (χ3v) is 5.94. The Balaban J connectivity index is 1.39. The van der Waals surface area contributed by atoms with E-state index in [1.807, 2.05) is 48.5 Å². The van der Waals surface area contributed by atoms with Gasteiger partial charge in [-0.05, 0) is 59.7 Å². The fourth-order valence-electron chi connectivity index (χ4n) is 4.03. The maximum absolute atomic E-state index is 13.0. The van der Waals surface area contributed by atoms with E-state index in [9.17, 15) is 9.59 Å². The first kappa shape index (κ1) is 21.9. The molecule has 0 saturated carbocycles. The average Bonchev–Trinajstić information content (AvgIpc) is 3.15. The van der Waals surface area contributed by atoms with E-state index >= 15 is 0 Å². The Morgan fingerprint density at radius 2 is 1.76 bits per heavy atom. The normalized spacial score (nSPS) is 15.7. The highest BCUT2D eigenvalue weighted by Crippen LogP contribution is 2.32. The number of nitrogens with one attached hydrogen (secondary N) is 2. The summed E-state index contributed by atoms with van der Waals surface area (Å²) in [5.74, 6) is 0.563. The summed E-state index contributed by atoms with van der Waals surface area (Å²) in [7, 11) is 1.56. The molecule has 1 unspecified atom stereocenters. The van der Waals surface area contributed by atoms with Crippen LogP contribution in [0.5, 0.6) is 5.75 Å². The van der Waals surface area contributed by atoms with E-state index in [4.69, 9.17) is 16.3 Å². The Morgan fingerprint density at radius 1 is 1.00 bits per heavy atom. The molecule has 2 amide bonds. The molecule has 1 saturated heterocycles. The van der Waals surface area contributed by atoms with E-state index in [0.29, 0.717) is 22.3 Å². The number of imide groups is 1. The SMILES string of the molecule is COc1ccc(N2C(=O)CC(NNc3cc(-c4ccccc4)c4cc(Cl)ccc4n3)C2=O)cc1. The van der Waals surface area contributed by atoms with Crippen molar-refractivity contribution in [1.29, 1.82) is 0 Å². The second-order valence-electron chi connectivity index (χ2n) is 7.87. The topological polar surface area (TPSA) is 83.6 Å². The van der Waals surface area contributed by atoms with Gasteiger partial charge in [0.15, 0.2) is 0 Å². The number of benzene rings is 3. The predicted octanol–water partition coefficient (Wildman–Crippen LogP) is 4.81. The number of hydrogen-bond acceptors (Lipinski definition) is 6. The van der Waals surface area contributed by atoms with Crippen molar-refractivity contribution in [1.82, 2.24) is 10.4 Å². The number of methoxy groups -OCH3 is 1. The van der Waals surface area contributed by atoms with Gasteiger partial charge in [-0.1, -0.05) is 41.9 Å². The number of nitrogens with zero attached hydrogens (tertiary/aromatic N) is 2. The molecular weight excluding hydrogens is 452 g/mol. The molecular formula is C26H21ClN4O3. The molecule has 0 bridgehead atoms. The number of hydrogen-bond donors (Lipinski definition) is 2. The molecule has 5 rings (SSSR count). The van der Waals surface area contributed by atoms with Crippen LogP contribution in [0.3, 0.4) is 0 Å². The number of carbonyl (C=O) groups excluding carboxylic acids is 2. The van der Waals surface area contributed by atoms with E-state index < -0.39 is 6.04 Å². The van der Waals surface area contributed by atoms with Gasteiger partial charge in [0.1, 0.15) is 17.6 Å². The van der Waals surface area contributed by atoms with Crippen LogP contribution >= 0.6 is 11.6 Å². The van der Waals surface area contributed by atoms with Crippen molar-refractivity contribution in [3.63, 3.8) is 0 Å². The summed E-state index contributed by atoms with van der Waals surface area (Å²) in [6, 6.07) is 23.4. The molecule has 2 N–H and O–H groups in total. The van der Waals surface area contributed by atoms with Crippen molar-refractivity contribution >= 4 is 45.8 Å². The molecule has 34 heavy (non-hydrogen) atoms. The van der Waals surface area contributed by atoms with Crippen LogP contribution in [-0.2, 0) is 9.59 Å². The van der Waals surface area contributed by atoms with Crippen LogP contribution in [0.25, 0.3) is 22.0 Å². The zero-order valence-electron chi connectivity index (χ0n) is 18.3. The first-order valence-corrected chi connectivity index (χ1v) is 11.1. The van der Waals surface area contributed by atoms with Gasteiger partial charge in [-0.25, -0.2) is 15.3 Å². The zero-order chi connectivity index (χ0) is 23.7. The fraction of sp³-hybridized carbons (Fsp3) is 0.115. The average molecular weight is 473 g/mol. The molecule has 0 aliphatic carbocycles. The van der Waals surface area contributed by atoms with Gasteiger partial charge in [-0.15, -0.1) is 0 Å². The van der Waals surface area contributed by atoms with Crippen LogP contribution in [0.4, 0.5) is 11.5 Å². The lowest BCUT2D eigenvalue weighted by molar-refractivity contribution is -0.121. The third-order valence-electron chi connectivity index (χ3n) is 5.71. The van der Waals surface area contributed by atoms with Gasteiger partial charge in [0, 0.05) is 10.4 Å². The summed E-state index contributed by atoms with van der Waals surface area (Å²) < 4.78 is 5.15. The summed E-state index contributed by atoms with van der Waals surface area (Å²) in [6.45, 7) is 0. The number of fused-ring (bicyclic) bond motifs is 1. The van der Waals surface area contributed by atoms with E-state index in [-0.39, 0.29) is 18.2 Å². The summed E-state index contributed by atoms with van der Waals surface area (Å²) in [5, 5.41) is 1.54. The zero-order valence-corrected chi connectivity index (χ0v) is 19.0. The summed E-state index contributed by atoms with van der Waals surface area (Å²) in [4.78, 5) is 31.4. The number of ether oxygens (including phenoxy) is 1. The first-order chi connectivity index (χ1) is 16.5. The van der Waals surface area contributed by atoms with Gasteiger partial charge < -0.3 is 10.2 Å². The van der Waals surface area contributed by atoms with Gasteiger partial charge in [0.25, 0.3) is 5.91 Å². The Hall–Kier alpha value is -3.94. The van der Waals surface area contributed by atoms with E-state index in [0.717, 1.165) is 22.0 Å². The van der Waals surface area contributed by atoms with Gasteiger partial charge in [0.2, 0.25) is 5.91 Å². The minimum atomic E-state index is -0.725. The lowest BCUT2D eigenvalue weighted by atomic mass is 10.0. The number of halogens is 1. The second kappa shape index (κ2) is 9.13. The quantitative estimate of drug-likeness (QED) is 0.309. The lowest BCUT2D eigenvalue weighted by Crippen LogP contribution is -2.41. The molecule has 4 aromatic rings. The van der Waals surface area contributed by atoms with Gasteiger partial charge in [-0.3, -0.25) is 9.59 Å². The summed E-state index contributed by atoms with van der Waals surface area (Å²) in [6.07, 6.45) is 0.0343. The molecule has 1 aliphatic heterocycles.